The molecule has 0 aromatic rings. The van der Waals surface area contributed by atoms with Gasteiger partial charge in [0.05, 0.1) is 6.61 Å². The van der Waals surface area contributed by atoms with Crippen molar-refractivity contribution in [1.82, 2.24) is 0 Å². The number of allylic oxidation sites excluding steroid dienone is 4. The molecule has 174 valence electrons. The molecule has 0 saturated carbocycles. The minimum atomic E-state index is -0.766. The first-order chi connectivity index (χ1) is 14.6. The molecule has 0 heterocycles. The Kier molecular flexibility index (Phi) is 20.9. The molecular weight excluding hydrogens is 380 g/mol. The third kappa shape index (κ3) is 21.1. The van der Waals surface area contributed by atoms with Crippen LogP contribution in [0.4, 0.5) is 0 Å². The predicted molar refractivity (Wildman–Crippen MR) is 122 cm³/mol. The summed E-state index contributed by atoms with van der Waals surface area (Å²) < 4.78 is 9.85. The highest BCUT2D eigenvalue weighted by molar-refractivity contribution is 5.69. The van der Waals surface area contributed by atoms with Crippen LogP contribution in [-0.2, 0) is 19.1 Å². The number of ether oxygens (including phenoxy) is 2. The number of hydrogen-bond donors (Lipinski definition) is 1. The fourth-order valence-electron chi connectivity index (χ4n) is 3.01. The number of aliphatic hydroxyl groups is 1. The molecular formula is C25H44O5. The Labute approximate surface area is 183 Å². The lowest BCUT2D eigenvalue weighted by molar-refractivity contribution is -0.160. The summed E-state index contributed by atoms with van der Waals surface area (Å²) in [6.45, 7) is 3.08. The van der Waals surface area contributed by atoms with Crippen molar-refractivity contribution in [2.45, 2.75) is 110 Å². The molecule has 0 aliphatic rings. The second-order valence-corrected chi connectivity index (χ2v) is 7.78. The van der Waals surface area contributed by atoms with Crippen LogP contribution in [0.15, 0.2) is 24.3 Å². The van der Waals surface area contributed by atoms with Gasteiger partial charge >= 0.3 is 11.9 Å². The van der Waals surface area contributed by atoms with E-state index in [-0.39, 0.29) is 19.2 Å². The van der Waals surface area contributed by atoms with E-state index in [1.165, 1.54) is 58.3 Å². The third-order valence-corrected chi connectivity index (χ3v) is 4.81. The van der Waals surface area contributed by atoms with Gasteiger partial charge in [0, 0.05) is 13.3 Å². The maximum absolute atomic E-state index is 11.7. The lowest BCUT2D eigenvalue weighted by atomic mass is 10.1. The van der Waals surface area contributed by atoms with Crippen molar-refractivity contribution in [2.24, 2.45) is 0 Å². The largest absolute Gasteiger partial charge is 0.462 e. The van der Waals surface area contributed by atoms with Gasteiger partial charge in [-0.3, -0.25) is 9.59 Å². The summed E-state index contributed by atoms with van der Waals surface area (Å²) in [6.07, 6.45) is 23.9. The van der Waals surface area contributed by atoms with E-state index < -0.39 is 12.1 Å². The molecule has 1 unspecified atom stereocenters. The first-order valence-corrected chi connectivity index (χ1v) is 11.8. The van der Waals surface area contributed by atoms with Crippen LogP contribution < -0.4 is 0 Å². The van der Waals surface area contributed by atoms with Gasteiger partial charge in [0.2, 0.25) is 0 Å². The molecule has 0 aliphatic carbocycles. The highest BCUT2D eigenvalue weighted by Gasteiger charge is 2.14. The van der Waals surface area contributed by atoms with Gasteiger partial charge in [0.15, 0.2) is 6.10 Å². The van der Waals surface area contributed by atoms with E-state index in [2.05, 4.69) is 31.2 Å². The lowest BCUT2D eigenvalue weighted by Gasteiger charge is -2.15. The van der Waals surface area contributed by atoms with Crippen molar-refractivity contribution < 1.29 is 24.2 Å². The molecule has 5 nitrogen and oxygen atoms in total. The molecule has 1 atom stereocenters. The van der Waals surface area contributed by atoms with Gasteiger partial charge in [-0.25, -0.2) is 0 Å². The topological polar surface area (TPSA) is 72.8 Å². The molecule has 0 aromatic carbocycles. The first-order valence-electron chi connectivity index (χ1n) is 11.8. The van der Waals surface area contributed by atoms with Crippen molar-refractivity contribution in [1.29, 1.82) is 0 Å². The van der Waals surface area contributed by atoms with E-state index >= 15 is 0 Å². The molecule has 0 fully saturated rings. The van der Waals surface area contributed by atoms with Crippen LogP contribution >= 0.6 is 0 Å². The van der Waals surface area contributed by atoms with Crippen LogP contribution in [0.1, 0.15) is 104 Å². The number of rotatable bonds is 20. The number of carbonyl (C=O) groups is 2. The van der Waals surface area contributed by atoms with E-state index in [0.717, 1.165) is 32.1 Å². The normalized spacial score (nSPS) is 12.5. The number of hydrogen-bond acceptors (Lipinski definition) is 5. The monoisotopic (exact) mass is 424 g/mol. The Hall–Kier alpha value is -1.62. The van der Waals surface area contributed by atoms with Crippen LogP contribution in [0.5, 0.6) is 0 Å². The average Bonchev–Trinajstić information content (AvgIpc) is 2.73. The average molecular weight is 425 g/mol. The summed E-state index contributed by atoms with van der Waals surface area (Å²) in [6, 6.07) is 0. The van der Waals surface area contributed by atoms with Crippen molar-refractivity contribution >= 4 is 11.9 Å². The Morgan fingerprint density at radius 2 is 1.40 bits per heavy atom. The highest BCUT2D eigenvalue weighted by atomic mass is 16.6. The summed E-state index contributed by atoms with van der Waals surface area (Å²) in [5.74, 6) is -0.797. The molecule has 0 bridgehead atoms. The number of aliphatic hydroxyl groups excluding tert-OH is 1. The molecule has 5 heteroatoms. The minimum Gasteiger partial charge on any atom is -0.462 e. The minimum absolute atomic E-state index is 0.0947. The molecule has 30 heavy (non-hydrogen) atoms. The molecule has 0 aliphatic heterocycles. The summed E-state index contributed by atoms with van der Waals surface area (Å²) in [7, 11) is 0. The fraction of sp³-hybridized carbons (Fsp3) is 0.760. The van der Waals surface area contributed by atoms with Gasteiger partial charge in [-0.2, -0.15) is 0 Å². The first kappa shape index (κ1) is 28.4. The maximum Gasteiger partial charge on any atom is 0.306 e. The highest BCUT2D eigenvalue weighted by Crippen LogP contribution is 2.11. The van der Waals surface area contributed by atoms with Gasteiger partial charge in [-0.15, -0.1) is 0 Å². The van der Waals surface area contributed by atoms with Gasteiger partial charge in [0.1, 0.15) is 6.61 Å². The standard InChI is InChI=1S/C25H44O5/c1-3-4-5-6-7-8-9-10-11-12-13-14-15-16-17-18-19-20-25(28)30-24(21-26)22-29-23(2)27/h7-8,10-11,24,26H,3-6,9,12-22H2,1-2H3/b8-7-,11-10-. The quantitative estimate of drug-likeness (QED) is 0.146. The van der Waals surface area contributed by atoms with Gasteiger partial charge < -0.3 is 14.6 Å². The van der Waals surface area contributed by atoms with Crippen LogP contribution in [-0.4, -0.2) is 36.4 Å². The lowest BCUT2D eigenvalue weighted by Crippen LogP contribution is -2.28. The van der Waals surface area contributed by atoms with Crippen molar-refractivity contribution in [3.8, 4) is 0 Å². The van der Waals surface area contributed by atoms with Gasteiger partial charge in [-0.05, 0) is 38.5 Å². The van der Waals surface area contributed by atoms with E-state index in [1.54, 1.807) is 0 Å². The zero-order valence-electron chi connectivity index (χ0n) is 19.3. The van der Waals surface area contributed by atoms with E-state index in [1.807, 2.05) is 0 Å². The Morgan fingerprint density at radius 3 is 1.97 bits per heavy atom. The second-order valence-electron chi connectivity index (χ2n) is 7.78. The summed E-state index contributed by atoms with van der Waals surface area (Å²) in [5, 5.41) is 9.13. The Bertz CT molecular complexity index is 470. The molecule has 0 aromatic heterocycles. The second kappa shape index (κ2) is 22.1. The molecule has 0 amide bonds. The van der Waals surface area contributed by atoms with Crippen molar-refractivity contribution in [3.05, 3.63) is 24.3 Å². The molecule has 0 spiro atoms. The Morgan fingerprint density at radius 1 is 0.833 bits per heavy atom. The summed E-state index contributed by atoms with van der Waals surface area (Å²) >= 11 is 0. The molecule has 1 N–H and O–H groups in total. The SMILES string of the molecule is CCCCC/C=C\C/C=C\CCCCCCCCCC(=O)OC(CO)COC(C)=O. The van der Waals surface area contributed by atoms with Gasteiger partial charge in [-0.1, -0.05) is 76.2 Å². The van der Waals surface area contributed by atoms with Crippen LogP contribution in [0.25, 0.3) is 0 Å². The Balaban J connectivity index is 3.44. The van der Waals surface area contributed by atoms with Crippen molar-refractivity contribution in [2.75, 3.05) is 13.2 Å². The molecule has 0 radical (unpaired) electrons. The number of carbonyl (C=O) groups excluding carboxylic acids is 2. The third-order valence-electron chi connectivity index (χ3n) is 4.81. The van der Waals surface area contributed by atoms with Crippen molar-refractivity contribution in [3.63, 3.8) is 0 Å². The van der Waals surface area contributed by atoms with Crippen LogP contribution in [0.2, 0.25) is 0 Å². The maximum atomic E-state index is 11.7. The predicted octanol–water partition coefficient (Wildman–Crippen LogP) is 6.05. The summed E-state index contributed by atoms with van der Waals surface area (Å²) in [5.41, 5.74) is 0. The smallest absolute Gasteiger partial charge is 0.306 e. The van der Waals surface area contributed by atoms with E-state index in [4.69, 9.17) is 14.6 Å². The van der Waals surface area contributed by atoms with Crippen LogP contribution in [0, 0.1) is 0 Å². The fourth-order valence-corrected chi connectivity index (χ4v) is 3.01. The van der Waals surface area contributed by atoms with Gasteiger partial charge in [0.25, 0.3) is 0 Å². The number of unbranched alkanes of at least 4 members (excludes halogenated alkanes) is 10. The molecule has 0 saturated heterocycles. The molecule has 0 rings (SSSR count). The van der Waals surface area contributed by atoms with E-state index in [0.29, 0.717) is 6.42 Å². The number of esters is 2. The summed E-state index contributed by atoms with van der Waals surface area (Å²) in [4.78, 5) is 22.5. The van der Waals surface area contributed by atoms with Crippen LogP contribution in [0.3, 0.4) is 0 Å². The van der Waals surface area contributed by atoms with E-state index in [9.17, 15) is 9.59 Å². The zero-order chi connectivity index (χ0) is 22.3. The zero-order valence-corrected chi connectivity index (χ0v) is 19.3.